The molecule has 0 aromatic rings. The van der Waals surface area contributed by atoms with Crippen molar-refractivity contribution in [2.75, 3.05) is 0 Å². The molecule has 0 saturated carbocycles. The molecule has 0 aliphatic rings. The van der Waals surface area contributed by atoms with E-state index in [2.05, 4.69) is 27.0 Å². The summed E-state index contributed by atoms with van der Waals surface area (Å²) in [7, 11) is -1.53. The third-order valence-corrected chi connectivity index (χ3v) is 11.4. The van der Waals surface area contributed by atoms with E-state index < -0.39 is 7.38 Å². The Balaban J connectivity index is 3.84. The highest BCUT2D eigenvalue weighted by molar-refractivity contribution is 7.21. The van der Waals surface area contributed by atoms with Crippen LogP contribution >= 0.6 is 11.1 Å². The summed E-state index contributed by atoms with van der Waals surface area (Å²) in [6, 6.07) is 2.62. The molecule has 0 amide bonds. The lowest BCUT2D eigenvalue weighted by Gasteiger charge is -2.29. The largest absolute Gasteiger partial charge is 0.167 e. The summed E-state index contributed by atoms with van der Waals surface area (Å²) < 4.78 is 0. The Kier molecular flexibility index (Phi) is 13.6. The van der Waals surface area contributed by atoms with Gasteiger partial charge in [-0.25, -0.2) is 0 Å². The van der Waals surface area contributed by atoms with Crippen LogP contribution in [-0.4, -0.2) is 7.38 Å². The number of rotatable bonds is 15. The van der Waals surface area contributed by atoms with Gasteiger partial charge < -0.3 is 0 Å². The third-order valence-electron chi connectivity index (χ3n) is 4.54. The quantitative estimate of drug-likeness (QED) is 0.124. The van der Waals surface area contributed by atoms with Crippen molar-refractivity contribution in [1.29, 1.82) is 0 Å². The van der Waals surface area contributed by atoms with Crippen molar-refractivity contribution in [3.63, 3.8) is 0 Å². The predicted molar refractivity (Wildman–Crippen MR) is 103 cm³/mol. The van der Waals surface area contributed by atoms with Gasteiger partial charge >= 0.3 is 0 Å². The summed E-state index contributed by atoms with van der Waals surface area (Å²) in [4.78, 5) is 0. The van der Waals surface area contributed by atoms with Crippen molar-refractivity contribution >= 4 is 18.5 Å². The Morgan fingerprint density at radius 1 is 0.762 bits per heavy atom. The van der Waals surface area contributed by atoms with Crippen molar-refractivity contribution in [3.05, 3.63) is 25.3 Å². The summed E-state index contributed by atoms with van der Waals surface area (Å²) in [6.07, 6.45) is 17.0. The summed E-state index contributed by atoms with van der Waals surface area (Å²) in [5.74, 6) is 0. The fourth-order valence-electron chi connectivity index (χ4n) is 2.82. The molecule has 0 aromatic heterocycles. The smallest absolute Gasteiger partial charge is 0.159 e. The van der Waals surface area contributed by atoms with E-state index in [-0.39, 0.29) is 0 Å². The van der Waals surface area contributed by atoms with Gasteiger partial charge in [-0.15, -0.1) is 13.2 Å². The van der Waals surface area contributed by atoms with Crippen molar-refractivity contribution in [2.24, 2.45) is 0 Å². The minimum absolute atomic E-state index is 0.709. The molecule has 0 radical (unpaired) electrons. The van der Waals surface area contributed by atoms with Gasteiger partial charge in [-0.3, -0.25) is 0 Å². The van der Waals surface area contributed by atoms with Crippen LogP contribution in [0.3, 0.4) is 0 Å². The number of hydrogen-bond acceptors (Lipinski definition) is 0. The number of hydrogen-bond donors (Lipinski definition) is 0. The summed E-state index contributed by atoms with van der Waals surface area (Å²) in [6.45, 7) is 12.2. The van der Waals surface area contributed by atoms with E-state index in [9.17, 15) is 0 Å². The number of halogens is 1. The molecule has 21 heavy (non-hydrogen) atoms. The summed E-state index contributed by atoms with van der Waals surface area (Å²) in [5.41, 5.74) is 0.709. The first-order chi connectivity index (χ1) is 10.1. The Labute approximate surface area is 139 Å². The molecular weight excluding hydrogens is 292 g/mol. The van der Waals surface area contributed by atoms with Crippen LogP contribution < -0.4 is 0 Å². The third kappa shape index (κ3) is 11.2. The van der Waals surface area contributed by atoms with Crippen LogP contribution in [-0.2, 0) is 0 Å². The molecule has 0 rings (SSSR count). The summed E-state index contributed by atoms with van der Waals surface area (Å²) >= 11 is 7.06. The first kappa shape index (κ1) is 21.0. The van der Waals surface area contributed by atoms with E-state index in [0.717, 1.165) is 0 Å². The van der Waals surface area contributed by atoms with Crippen molar-refractivity contribution in [1.82, 2.24) is 0 Å². The van der Waals surface area contributed by atoms with E-state index in [1.165, 1.54) is 76.3 Å². The molecule has 2 heteroatoms. The lowest BCUT2D eigenvalue weighted by atomic mass is 10.1. The normalized spacial score (nSPS) is 11.8. The van der Waals surface area contributed by atoms with Gasteiger partial charge in [0.25, 0.3) is 0 Å². The zero-order valence-corrected chi connectivity index (χ0v) is 16.3. The van der Waals surface area contributed by atoms with Gasteiger partial charge in [-0.2, -0.15) is 11.1 Å². The second-order valence-electron chi connectivity index (χ2n) is 6.67. The van der Waals surface area contributed by atoms with E-state index >= 15 is 0 Å². The van der Waals surface area contributed by atoms with Gasteiger partial charge in [-0.05, 0) is 43.3 Å². The molecule has 0 spiro atoms. The fourth-order valence-corrected chi connectivity index (χ4v) is 6.71. The molecule has 0 aliphatic heterocycles. The predicted octanol–water partition coefficient (Wildman–Crippen LogP) is 7.85. The fraction of sp³-hybridized carbons (Fsp3) is 0.789. The van der Waals surface area contributed by atoms with Gasteiger partial charge in [0.2, 0.25) is 0 Å². The molecule has 0 fully saturated rings. The zero-order valence-electron chi connectivity index (χ0n) is 14.5. The maximum atomic E-state index is 7.06. The molecule has 0 aliphatic carbocycles. The van der Waals surface area contributed by atoms with Gasteiger partial charge in [0.1, 0.15) is 0 Å². The minimum atomic E-state index is -1.53. The molecule has 124 valence electrons. The Hall–Kier alpha value is -0.0131. The first-order valence-electron chi connectivity index (χ1n) is 8.97. The van der Waals surface area contributed by atoms with Crippen LogP contribution in [0.15, 0.2) is 25.3 Å². The molecular formula is C19H37ClSi. The molecule has 0 heterocycles. The van der Waals surface area contributed by atoms with Crippen molar-refractivity contribution in [2.45, 2.75) is 95.7 Å². The monoisotopic (exact) mass is 328 g/mol. The Morgan fingerprint density at radius 2 is 1.14 bits per heavy atom. The molecule has 0 atom stereocenters. The molecule has 0 nitrogen and oxygen atoms in total. The number of unbranched alkanes of at least 4 members (excludes halogenated alkanes) is 8. The second-order valence-corrected chi connectivity index (χ2v) is 13.2. The molecule has 0 aromatic carbocycles. The Morgan fingerprint density at radius 3 is 1.48 bits per heavy atom. The van der Waals surface area contributed by atoms with Crippen molar-refractivity contribution < 1.29 is 0 Å². The molecule has 0 unspecified atom stereocenters. The van der Waals surface area contributed by atoms with Crippen LogP contribution in [0.5, 0.6) is 0 Å². The second kappa shape index (κ2) is 13.6. The highest BCUT2D eigenvalue weighted by atomic mass is 35.6. The average molecular weight is 329 g/mol. The lowest BCUT2D eigenvalue weighted by Crippen LogP contribution is -2.30. The van der Waals surface area contributed by atoms with Gasteiger partial charge in [0, 0.05) is 0 Å². The maximum Gasteiger partial charge on any atom is 0.159 e. The van der Waals surface area contributed by atoms with E-state index in [4.69, 9.17) is 11.1 Å². The standard InChI is InChI=1S/C19H37ClSi/c1-5-7-9-11-13-15-17-21(20,19(3)4)18-16-14-12-10-8-6-2/h5-6,19H,1-2,7-18H2,3-4H3. The molecule has 0 saturated heterocycles. The van der Waals surface area contributed by atoms with Crippen LogP contribution in [0, 0.1) is 0 Å². The van der Waals surface area contributed by atoms with Crippen molar-refractivity contribution in [3.8, 4) is 0 Å². The van der Waals surface area contributed by atoms with Gasteiger partial charge in [-0.1, -0.05) is 64.5 Å². The van der Waals surface area contributed by atoms with Gasteiger partial charge in [0.05, 0.1) is 0 Å². The lowest BCUT2D eigenvalue weighted by molar-refractivity contribution is 0.656. The summed E-state index contributed by atoms with van der Waals surface area (Å²) in [5, 5.41) is 0. The van der Waals surface area contributed by atoms with Crippen LogP contribution in [0.1, 0.15) is 78.1 Å². The molecule has 0 bridgehead atoms. The van der Waals surface area contributed by atoms with Crippen LogP contribution in [0.4, 0.5) is 0 Å². The topological polar surface area (TPSA) is 0 Å². The first-order valence-corrected chi connectivity index (χ1v) is 12.5. The average Bonchev–Trinajstić information content (AvgIpc) is 2.46. The van der Waals surface area contributed by atoms with E-state index in [1.54, 1.807) is 0 Å². The SMILES string of the molecule is C=CCCCCCC[Si](Cl)(CCCCCCC=C)C(C)C. The van der Waals surface area contributed by atoms with E-state index in [1.807, 2.05) is 12.2 Å². The van der Waals surface area contributed by atoms with Crippen LogP contribution in [0.2, 0.25) is 17.6 Å². The maximum absolute atomic E-state index is 7.06. The highest BCUT2D eigenvalue weighted by Crippen LogP contribution is 2.36. The Bertz CT molecular complexity index is 240. The van der Waals surface area contributed by atoms with Gasteiger partial charge in [0.15, 0.2) is 7.38 Å². The number of allylic oxidation sites excluding steroid dienone is 2. The van der Waals surface area contributed by atoms with E-state index in [0.29, 0.717) is 5.54 Å². The minimum Gasteiger partial charge on any atom is -0.167 e. The molecule has 0 N–H and O–H groups in total. The van der Waals surface area contributed by atoms with Crippen LogP contribution in [0.25, 0.3) is 0 Å². The highest BCUT2D eigenvalue weighted by Gasteiger charge is 2.33. The zero-order chi connectivity index (χ0) is 16.0.